The lowest BCUT2D eigenvalue weighted by Gasteiger charge is -2.16. The van der Waals surface area contributed by atoms with E-state index in [1.54, 1.807) is 0 Å². The Morgan fingerprint density at radius 2 is 1.70 bits per heavy atom. The minimum atomic E-state index is -3.74. The summed E-state index contributed by atoms with van der Waals surface area (Å²) in [5, 5.41) is 2.86. The van der Waals surface area contributed by atoms with Gasteiger partial charge in [0.1, 0.15) is 5.75 Å². The van der Waals surface area contributed by atoms with Crippen molar-refractivity contribution in [2.24, 2.45) is 0 Å². The van der Waals surface area contributed by atoms with Gasteiger partial charge in [-0.15, -0.1) is 0 Å². The van der Waals surface area contributed by atoms with Crippen LogP contribution in [0.1, 0.15) is 47.1 Å². The molecule has 4 rings (SSSR count). The molecule has 30 heavy (non-hydrogen) atoms. The van der Waals surface area contributed by atoms with E-state index in [0.29, 0.717) is 6.42 Å². The number of ether oxygens (including phenoxy) is 1. The van der Waals surface area contributed by atoms with Crippen molar-refractivity contribution in [3.63, 3.8) is 0 Å². The Balaban J connectivity index is 1.33. The zero-order valence-corrected chi connectivity index (χ0v) is 18.1. The molecule has 0 fully saturated rings. The monoisotopic (exact) mass is 428 g/mol. The van der Waals surface area contributed by atoms with Gasteiger partial charge in [0, 0.05) is 5.69 Å². The second kappa shape index (κ2) is 8.68. The second-order valence-corrected chi connectivity index (χ2v) is 9.92. The molecule has 2 aromatic carbocycles. The molecular weight excluding hydrogens is 400 g/mol. The Kier molecular flexibility index (Phi) is 5.99. The van der Waals surface area contributed by atoms with E-state index < -0.39 is 16.1 Å². The molecule has 160 valence electrons. The molecule has 6 nitrogen and oxygen atoms in total. The van der Waals surface area contributed by atoms with E-state index in [0.717, 1.165) is 55.5 Å². The lowest BCUT2D eigenvalue weighted by Crippen LogP contribution is -2.36. The largest absolute Gasteiger partial charge is 0.493 e. The molecule has 0 saturated carbocycles. The van der Waals surface area contributed by atoms with E-state index in [4.69, 9.17) is 4.74 Å². The standard InChI is InChI=1S/C23H28N2O4S/c1-16-7-2-3-12-21(16)29-13-6-14-30(27,28)25-23(26)24-22-19-10-4-8-17(19)15-18-9-5-11-20(18)22/h2-3,7,12,15H,4-6,8-11,13-14H2,1H3,(H2,24,25,26). The van der Waals surface area contributed by atoms with Crippen molar-refractivity contribution < 1.29 is 17.9 Å². The average Bonchev–Trinajstić information content (AvgIpc) is 3.35. The van der Waals surface area contributed by atoms with Gasteiger partial charge in [-0.25, -0.2) is 17.9 Å². The second-order valence-electron chi connectivity index (χ2n) is 8.08. The predicted molar refractivity (Wildman–Crippen MR) is 118 cm³/mol. The van der Waals surface area contributed by atoms with E-state index in [1.165, 1.54) is 22.3 Å². The summed E-state index contributed by atoms with van der Waals surface area (Å²) in [7, 11) is -3.74. The number of hydrogen-bond donors (Lipinski definition) is 2. The third-order valence-corrected chi connectivity index (χ3v) is 7.19. The molecule has 0 spiro atoms. The summed E-state index contributed by atoms with van der Waals surface area (Å²) in [5.74, 6) is 0.574. The third kappa shape index (κ3) is 4.61. The highest BCUT2D eigenvalue weighted by atomic mass is 32.2. The molecule has 2 N–H and O–H groups in total. The first-order chi connectivity index (χ1) is 14.4. The molecule has 0 saturated heterocycles. The molecule has 2 aliphatic carbocycles. The highest BCUT2D eigenvalue weighted by Crippen LogP contribution is 2.38. The molecule has 0 unspecified atom stereocenters. The van der Waals surface area contributed by atoms with Crippen molar-refractivity contribution in [1.82, 2.24) is 4.72 Å². The van der Waals surface area contributed by atoms with E-state index in [-0.39, 0.29) is 12.4 Å². The summed E-state index contributed by atoms with van der Waals surface area (Å²) >= 11 is 0. The van der Waals surface area contributed by atoms with Gasteiger partial charge in [0.25, 0.3) is 0 Å². The summed E-state index contributed by atoms with van der Waals surface area (Å²) < 4.78 is 32.5. The molecule has 0 bridgehead atoms. The van der Waals surface area contributed by atoms with Crippen molar-refractivity contribution in [3.05, 3.63) is 58.1 Å². The summed E-state index contributed by atoms with van der Waals surface area (Å²) in [6.45, 7) is 2.21. The maximum absolute atomic E-state index is 12.5. The summed E-state index contributed by atoms with van der Waals surface area (Å²) in [6, 6.07) is 9.19. The fraction of sp³-hybridized carbons (Fsp3) is 0.435. The van der Waals surface area contributed by atoms with Crippen LogP contribution >= 0.6 is 0 Å². The number of nitrogens with one attached hydrogen (secondary N) is 2. The number of amides is 2. The first kappa shape index (κ1) is 20.7. The van der Waals surface area contributed by atoms with Gasteiger partial charge in [-0.2, -0.15) is 0 Å². The fourth-order valence-corrected chi connectivity index (χ4v) is 5.38. The molecule has 0 radical (unpaired) electrons. The minimum absolute atomic E-state index is 0.169. The molecule has 2 aliphatic rings. The fourth-order valence-electron chi connectivity index (χ4n) is 4.45. The van der Waals surface area contributed by atoms with Crippen molar-refractivity contribution in [2.75, 3.05) is 17.7 Å². The predicted octanol–water partition coefficient (Wildman–Crippen LogP) is 3.89. The zero-order chi connectivity index (χ0) is 21.1. The number of rotatable bonds is 7. The number of urea groups is 1. The minimum Gasteiger partial charge on any atom is -0.493 e. The highest BCUT2D eigenvalue weighted by Gasteiger charge is 2.25. The van der Waals surface area contributed by atoms with Crippen LogP contribution in [0.2, 0.25) is 0 Å². The van der Waals surface area contributed by atoms with E-state index in [9.17, 15) is 13.2 Å². The van der Waals surface area contributed by atoms with Crippen LogP contribution in [-0.2, 0) is 35.7 Å². The van der Waals surface area contributed by atoms with Crippen molar-refractivity contribution >= 4 is 21.7 Å². The van der Waals surface area contributed by atoms with Crippen LogP contribution in [0.3, 0.4) is 0 Å². The number of aryl methyl sites for hydroxylation is 3. The van der Waals surface area contributed by atoms with Gasteiger partial charge in [0.15, 0.2) is 0 Å². The van der Waals surface area contributed by atoms with Crippen LogP contribution in [0.15, 0.2) is 30.3 Å². The van der Waals surface area contributed by atoms with E-state index in [1.807, 2.05) is 31.2 Å². The first-order valence-electron chi connectivity index (χ1n) is 10.6. The number of anilines is 1. The van der Waals surface area contributed by atoms with Crippen LogP contribution < -0.4 is 14.8 Å². The number of hydrogen-bond acceptors (Lipinski definition) is 4. The van der Waals surface area contributed by atoms with Crippen LogP contribution in [0.5, 0.6) is 5.75 Å². The van der Waals surface area contributed by atoms with E-state index >= 15 is 0 Å². The van der Waals surface area contributed by atoms with Crippen LogP contribution in [0.25, 0.3) is 0 Å². The summed E-state index contributed by atoms with van der Waals surface area (Å²) in [5.41, 5.74) is 6.78. The number of fused-ring (bicyclic) bond motifs is 2. The lowest BCUT2D eigenvalue weighted by atomic mass is 9.99. The van der Waals surface area contributed by atoms with Gasteiger partial charge in [0.05, 0.1) is 12.4 Å². The normalized spacial score (nSPS) is 14.8. The van der Waals surface area contributed by atoms with Crippen LogP contribution in [-0.4, -0.2) is 26.8 Å². The quantitative estimate of drug-likeness (QED) is 0.655. The third-order valence-electron chi connectivity index (χ3n) is 5.87. The van der Waals surface area contributed by atoms with Crippen molar-refractivity contribution in [2.45, 2.75) is 51.9 Å². The van der Waals surface area contributed by atoms with Gasteiger partial charge in [-0.3, -0.25) is 0 Å². The average molecular weight is 429 g/mol. The van der Waals surface area contributed by atoms with Gasteiger partial charge >= 0.3 is 6.03 Å². The smallest absolute Gasteiger partial charge is 0.332 e. The topological polar surface area (TPSA) is 84.5 Å². The van der Waals surface area contributed by atoms with Crippen LogP contribution in [0.4, 0.5) is 10.5 Å². The number of carbonyl (C=O) groups excluding carboxylic acids is 1. The Labute approximate surface area is 178 Å². The van der Waals surface area contributed by atoms with E-state index in [2.05, 4.69) is 16.1 Å². The number of sulfonamides is 1. The molecule has 0 heterocycles. The Hall–Kier alpha value is -2.54. The van der Waals surface area contributed by atoms with Crippen molar-refractivity contribution in [3.8, 4) is 5.75 Å². The number of para-hydroxylation sites is 1. The van der Waals surface area contributed by atoms with Crippen molar-refractivity contribution in [1.29, 1.82) is 0 Å². The molecule has 0 atom stereocenters. The van der Waals surface area contributed by atoms with Gasteiger partial charge in [0.2, 0.25) is 10.0 Å². The Morgan fingerprint density at radius 1 is 1.03 bits per heavy atom. The maximum Gasteiger partial charge on any atom is 0.332 e. The van der Waals surface area contributed by atoms with Crippen LogP contribution in [0, 0.1) is 6.92 Å². The van der Waals surface area contributed by atoms with Gasteiger partial charge in [-0.05, 0) is 85.8 Å². The zero-order valence-electron chi connectivity index (χ0n) is 17.3. The molecule has 0 aromatic heterocycles. The maximum atomic E-state index is 12.5. The number of benzene rings is 2. The lowest BCUT2D eigenvalue weighted by molar-refractivity contribution is 0.256. The molecule has 2 amide bonds. The molecule has 0 aliphatic heterocycles. The number of carbonyl (C=O) groups is 1. The molecular formula is C23H28N2O4S. The Bertz CT molecular complexity index is 1030. The summed E-state index contributed by atoms with van der Waals surface area (Å²) in [4.78, 5) is 12.5. The summed E-state index contributed by atoms with van der Waals surface area (Å²) in [6.07, 6.45) is 6.37. The molecule has 7 heteroatoms. The highest BCUT2D eigenvalue weighted by molar-refractivity contribution is 7.90. The van der Waals surface area contributed by atoms with Gasteiger partial charge in [-0.1, -0.05) is 24.3 Å². The SMILES string of the molecule is Cc1ccccc1OCCCS(=O)(=O)NC(=O)Nc1c2c(cc3c1CCC3)CCC2. The molecule has 2 aromatic rings. The van der Waals surface area contributed by atoms with Gasteiger partial charge < -0.3 is 10.1 Å². The first-order valence-corrected chi connectivity index (χ1v) is 12.2. The Morgan fingerprint density at radius 3 is 2.37 bits per heavy atom.